The van der Waals surface area contributed by atoms with Crippen LogP contribution in [0.15, 0.2) is 55.0 Å². The highest BCUT2D eigenvalue weighted by molar-refractivity contribution is 6.36. The molecule has 1 amide bonds. The number of amides is 1. The van der Waals surface area contributed by atoms with Gasteiger partial charge in [0.25, 0.3) is 5.91 Å². The van der Waals surface area contributed by atoms with Gasteiger partial charge in [0, 0.05) is 33.0 Å². The summed E-state index contributed by atoms with van der Waals surface area (Å²) in [6, 6.07) is 10.7. The summed E-state index contributed by atoms with van der Waals surface area (Å²) in [7, 11) is 0. The minimum atomic E-state index is -0.359. The largest absolute Gasteiger partial charge is 0.471 e. The van der Waals surface area contributed by atoms with Crippen LogP contribution < -0.4 is 10.1 Å². The number of ether oxygens (including phenoxy) is 1. The van der Waals surface area contributed by atoms with Crippen molar-refractivity contribution in [2.24, 2.45) is 0 Å². The number of nitrogens with one attached hydrogen (secondary N) is 1. The molecule has 7 nitrogen and oxygen atoms in total. The summed E-state index contributed by atoms with van der Waals surface area (Å²) in [5.41, 5.74) is 3.41. The second-order valence-corrected chi connectivity index (χ2v) is 8.66. The maximum absolute atomic E-state index is 12.6. The highest BCUT2D eigenvalue weighted by Gasteiger charge is 2.13. The van der Waals surface area contributed by atoms with Gasteiger partial charge in [-0.2, -0.15) is 10.2 Å². The molecule has 0 atom stereocenters. The van der Waals surface area contributed by atoms with E-state index in [9.17, 15) is 4.79 Å². The molecule has 170 valence electrons. The number of hydrogen-bond donors (Lipinski definition) is 1. The molecule has 0 aliphatic carbocycles. The van der Waals surface area contributed by atoms with E-state index in [1.807, 2.05) is 26.0 Å². The van der Waals surface area contributed by atoms with E-state index in [1.54, 1.807) is 47.5 Å². The van der Waals surface area contributed by atoms with Crippen molar-refractivity contribution in [2.45, 2.75) is 27.1 Å². The number of benzene rings is 2. The monoisotopic (exact) mass is 503 g/mol. The Kier molecular flexibility index (Phi) is 6.93. The maximum Gasteiger partial charge on any atom is 0.276 e. The molecule has 2 heterocycles. The molecule has 0 unspecified atom stereocenters. The minimum Gasteiger partial charge on any atom is -0.471 e. The van der Waals surface area contributed by atoms with Crippen LogP contribution in [-0.2, 0) is 13.3 Å². The molecule has 0 saturated carbocycles. The summed E-state index contributed by atoms with van der Waals surface area (Å²) in [5.74, 6) is 0.323. The van der Waals surface area contributed by atoms with Crippen LogP contribution in [0.4, 0.5) is 5.69 Å². The van der Waals surface area contributed by atoms with Crippen LogP contribution in [0.1, 0.15) is 27.2 Å². The molecule has 0 aliphatic rings. The minimum absolute atomic E-state index is 0.157. The Morgan fingerprint density at radius 3 is 2.45 bits per heavy atom. The van der Waals surface area contributed by atoms with E-state index >= 15 is 0 Å². The van der Waals surface area contributed by atoms with Gasteiger partial charge >= 0.3 is 0 Å². The van der Waals surface area contributed by atoms with Gasteiger partial charge in [0.05, 0.1) is 18.4 Å². The van der Waals surface area contributed by atoms with Gasteiger partial charge in [-0.25, -0.2) is 4.68 Å². The average Bonchev–Trinajstić information content (AvgIpc) is 3.43. The van der Waals surface area contributed by atoms with Gasteiger partial charge in [-0.3, -0.25) is 9.48 Å². The number of rotatable bonds is 7. The number of carbonyl (C=O) groups is 1. The third kappa shape index (κ3) is 5.50. The molecule has 0 fully saturated rings. The van der Waals surface area contributed by atoms with Gasteiger partial charge in [0.15, 0.2) is 12.4 Å². The van der Waals surface area contributed by atoms with Gasteiger partial charge < -0.3 is 10.1 Å². The molecule has 0 saturated heterocycles. The summed E-state index contributed by atoms with van der Waals surface area (Å²) in [4.78, 5) is 12.6. The number of anilines is 1. The molecule has 0 aliphatic heterocycles. The number of aryl methyl sites for hydroxylation is 2. The van der Waals surface area contributed by atoms with Crippen molar-refractivity contribution >= 4 is 46.4 Å². The number of halogens is 3. The van der Waals surface area contributed by atoms with Crippen LogP contribution in [0.3, 0.4) is 0 Å². The molecular formula is C23H20Cl3N5O2. The zero-order chi connectivity index (χ0) is 23.5. The molecule has 1 N–H and O–H groups in total. The molecule has 33 heavy (non-hydrogen) atoms. The molecule has 2 aromatic carbocycles. The molecule has 0 bridgehead atoms. The first kappa shape index (κ1) is 23.2. The van der Waals surface area contributed by atoms with E-state index in [-0.39, 0.29) is 18.3 Å². The van der Waals surface area contributed by atoms with Gasteiger partial charge in [-0.1, -0.05) is 40.9 Å². The van der Waals surface area contributed by atoms with Crippen LogP contribution in [0.2, 0.25) is 15.1 Å². The van der Waals surface area contributed by atoms with E-state index in [1.165, 1.54) is 4.68 Å². The maximum atomic E-state index is 12.6. The first-order chi connectivity index (χ1) is 15.8. The fourth-order valence-corrected chi connectivity index (χ4v) is 3.87. The van der Waals surface area contributed by atoms with Crippen LogP contribution >= 0.6 is 34.8 Å². The van der Waals surface area contributed by atoms with E-state index in [0.717, 1.165) is 21.7 Å². The number of hydrogen-bond acceptors (Lipinski definition) is 4. The Bertz CT molecular complexity index is 1270. The predicted molar refractivity (Wildman–Crippen MR) is 130 cm³/mol. The van der Waals surface area contributed by atoms with E-state index in [4.69, 9.17) is 39.5 Å². The molecule has 4 rings (SSSR count). The molecular weight excluding hydrogens is 485 g/mol. The summed E-state index contributed by atoms with van der Waals surface area (Å²) >= 11 is 18.6. The van der Waals surface area contributed by atoms with Gasteiger partial charge in [0.2, 0.25) is 0 Å². The predicted octanol–water partition coefficient (Wildman–Crippen LogP) is 5.99. The summed E-state index contributed by atoms with van der Waals surface area (Å²) < 4.78 is 8.96. The topological polar surface area (TPSA) is 74.0 Å². The van der Waals surface area contributed by atoms with Crippen molar-refractivity contribution in [3.05, 3.63) is 92.4 Å². The summed E-state index contributed by atoms with van der Waals surface area (Å²) in [6.07, 6.45) is 4.92. The fraction of sp³-hybridized carbons (Fsp3) is 0.174. The average molecular weight is 505 g/mol. The number of carbonyl (C=O) groups excluding carboxylic acids is 1. The second-order valence-electron chi connectivity index (χ2n) is 7.47. The number of aromatic nitrogens is 4. The highest BCUT2D eigenvalue weighted by atomic mass is 35.5. The van der Waals surface area contributed by atoms with Crippen LogP contribution in [0.5, 0.6) is 5.75 Å². The molecule has 2 aromatic heterocycles. The van der Waals surface area contributed by atoms with Crippen molar-refractivity contribution in [1.82, 2.24) is 19.6 Å². The molecule has 0 spiro atoms. The normalized spacial score (nSPS) is 10.9. The second kappa shape index (κ2) is 9.87. The van der Waals surface area contributed by atoms with Gasteiger partial charge in [-0.15, -0.1) is 0 Å². The van der Waals surface area contributed by atoms with Crippen LogP contribution in [0.25, 0.3) is 0 Å². The lowest BCUT2D eigenvalue weighted by atomic mass is 10.1. The third-order valence-corrected chi connectivity index (χ3v) is 6.22. The van der Waals surface area contributed by atoms with Crippen molar-refractivity contribution < 1.29 is 9.53 Å². The number of nitrogens with zero attached hydrogens (tertiary/aromatic N) is 4. The first-order valence-electron chi connectivity index (χ1n) is 10.00. The molecule has 0 radical (unpaired) electrons. The van der Waals surface area contributed by atoms with Crippen molar-refractivity contribution in [1.29, 1.82) is 0 Å². The summed E-state index contributed by atoms with van der Waals surface area (Å²) in [6.45, 7) is 4.38. The van der Waals surface area contributed by atoms with Gasteiger partial charge in [0.1, 0.15) is 5.75 Å². The Labute approximate surface area is 205 Å². The van der Waals surface area contributed by atoms with E-state index < -0.39 is 0 Å². The quantitative estimate of drug-likeness (QED) is 0.335. The zero-order valence-electron chi connectivity index (χ0n) is 17.8. The van der Waals surface area contributed by atoms with Crippen molar-refractivity contribution in [2.75, 3.05) is 5.32 Å². The van der Waals surface area contributed by atoms with Crippen molar-refractivity contribution in [3.8, 4) is 5.75 Å². The van der Waals surface area contributed by atoms with Crippen molar-refractivity contribution in [3.63, 3.8) is 0 Å². The van der Waals surface area contributed by atoms with Gasteiger partial charge in [-0.05, 0) is 55.3 Å². The summed E-state index contributed by atoms with van der Waals surface area (Å²) in [5, 5.41) is 13.1. The van der Waals surface area contributed by atoms with E-state index in [2.05, 4.69) is 15.5 Å². The lowest BCUT2D eigenvalue weighted by molar-refractivity contribution is 0.102. The molecule has 10 heteroatoms. The Hall–Kier alpha value is -3.00. The Morgan fingerprint density at radius 1 is 1.06 bits per heavy atom. The lowest BCUT2D eigenvalue weighted by Crippen LogP contribution is -2.14. The fourth-order valence-electron chi connectivity index (χ4n) is 3.24. The Balaban J connectivity index is 1.36. The van der Waals surface area contributed by atoms with E-state index in [0.29, 0.717) is 28.0 Å². The standard InChI is InChI=1S/C23H20Cl3N5O2/c1-14-8-17(9-15(2)22(14)26)33-13-30-7-6-21(29-30)23(32)28-16-10-27-31(11-16)12-18-19(24)4-3-5-20(18)25/h3-11H,12-13H2,1-2H3,(H,28,32). The Morgan fingerprint density at radius 2 is 1.76 bits per heavy atom. The zero-order valence-corrected chi connectivity index (χ0v) is 20.1. The lowest BCUT2D eigenvalue weighted by Gasteiger charge is -2.10. The first-order valence-corrected chi connectivity index (χ1v) is 11.1. The third-order valence-electron chi connectivity index (χ3n) is 4.92. The smallest absolute Gasteiger partial charge is 0.276 e. The molecule has 4 aromatic rings. The SMILES string of the molecule is Cc1cc(OCn2ccc(C(=O)Nc3cnn(Cc4c(Cl)cccc4Cl)c3)n2)cc(C)c1Cl. The van der Waals surface area contributed by atoms with Crippen LogP contribution in [0, 0.1) is 13.8 Å². The highest BCUT2D eigenvalue weighted by Crippen LogP contribution is 2.26. The van der Waals surface area contributed by atoms with Crippen LogP contribution in [-0.4, -0.2) is 25.5 Å².